The van der Waals surface area contributed by atoms with E-state index in [4.69, 9.17) is 13.7 Å². The van der Waals surface area contributed by atoms with Crippen LogP contribution in [0.1, 0.15) is 71.6 Å². The van der Waals surface area contributed by atoms with Crippen molar-refractivity contribution < 1.29 is 54.7 Å². The van der Waals surface area contributed by atoms with E-state index in [1.54, 1.807) is 19.0 Å². The quantitative estimate of drug-likeness (QED) is 0.168. The highest BCUT2D eigenvalue weighted by molar-refractivity contribution is 7.92. The van der Waals surface area contributed by atoms with Crippen LogP contribution in [-0.2, 0) is 32.3 Å². The largest absolute Gasteiger partial charge is 0.573 e. The van der Waals surface area contributed by atoms with Crippen LogP contribution in [0.4, 0.5) is 18.9 Å². The van der Waals surface area contributed by atoms with E-state index < -0.39 is 76.3 Å². The highest BCUT2D eigenvalue weighted by Crippen LogP contribution is 2.59. The van der Waals surface area contributed by atoms with Crippen LogP contribution in [0.2, 0.25) is 18.1 Å². The molecule has 292 valence electrons. The van der Waals surface area contributed by atoms with Crippen LogP contribution in [-0.4, -0.2) is 75.8 Å². The van der Waals surface area contributed by atoms with Crippen molar-refractivity contribution in [1.82, 2.24) is 10.1 Å². The number of fused-ring (bicyclic) bond motifs is 4. The summed E-state index contributed by atoms with van der Waals surface area (Å²) in [5.74, 6) is -4.84. The van der Waals surface area contributed by atoms with Gasteiger partial charge in [-0.3, -0.25) is 19.2 Å². The zero-order valence-electron chi connectivity index (χ0n) is 31.5. The molecule has 0 amide bonds. The number of ketones is 2. The molecule has 1 aromatic heterocycles. The molecule has 0 radical (unpaired) electrons. The Hall–Kier alpha value is -4.19. The number of anilines is 1. The van der Waals surface area contributed by atoms with Gasteiger partial charge >= 0.3 is 6.36 Å². The summed E-state index contributed by atoms with van der Waals surface area (Å²) in [4.78, 5) is 32.6. The zero-order chi connectivity index (χ0) is 39.9. The molecule has 1 fully saturated rings. The fourth-order valence-corrected chi connectivity index (χ4v) is 9.76. The molecule has 6 rings (SSSR count). The smallest absolute Gasteiger partial charge is 0.507 e. The molecule has 4 atom stereocenters. The predicted octanol–water partition coefficient (Wildman–Crippen LogP) is 7.12. The molecule has 3 aliphatic carbocycles. The number of sulfonamides is 1. The van der Waals surface area contributed by atoms with E-state index in [1.165, 1.54) is 6.92 Å². The number of aromatic nitrogens is 1. The van der Waals surface area contributed by atoms with E-state index in [9.17, 15) is 26.7 Å². The van der Waals surface area contributed by atoms with Gasteiger partial charge in [-0.15, -0.1) is 13.2 Å². The molecule has 1 heterocycles. The number of carbonyl (C=O) groups excluding carboxylic acids is 2. The molecular weight excluding hydrogens is 748 g/mol. The molecule has 2 N–H and O–H groups in total. The second-order valence-electron chi connectivity index (χ2n) is 16.0. The first-order chi connectivity index (χ1) is 24.9. The van der Waals surface area contributed by atoms with Crippen molar-refractivity contribution in [1.29, 1.82) is 0 Å². The lowest BCUT2D eigenvalue weighted by Gasteiger charge is -2.55. The second-order valence-corrected chi connectivity index (χ2v) is 22.5. The fraction of sp³-hybridized carbons (Fsp3) is 0.486. The number of nitrogens with zero attached hydrogens (tertiary/aromatic N) is 2. The molecule has 1 saturated carbocycles. The van der Waals surface area contributed by atoms with Crippen molar-refractivity contribution in [2.75, 3.05) is 25.1 Å². The molecule has 12 nitrogen and oxygen atoms in total. The van der Waals surface area contributed by atoms with Crippen molar-refractivity contribution in [2.24, 2.45) is 11.8 Å². The van der Waals surface area contributed by atoms with E-state index >= 15 is 9.59 Å². The fourth-order valence-electron chi connectivity index (χ4n) is 7.70. The van der Waals surface area contributed by atoms with Crippen LogP contribution in [0.3, 0.4) is 0 Å². The SMILES string of the molecule is Cc1c(NS(C)(=O)=O)cc(OC(F)(F)F)c2c1C(O)=C1C(=O)[C@]3(O[Si](C)(C)C(C)(C)C)C(=O)c4c(OCc5ccccc5)noc4[C@@H](N(C)C)[C@@H]3C[C@@H]1C2. The second kappa shape index (κ2) is 13.2. The molecule has 17 heteroatoms. The topological polar surface area (TPSA) is 158 Å². The standard InChI is InChI=1S/C37H44F3N3O9SSi/c1-19-24(42-53(7,47)48)17-25(50-37(38,39)40)22-15-21-16-23-29(43(5)6)31-28(34(41-51-31)49-18-20-13-11-10-12-14-20)33(46)36(23,52-54(8,9)35(2,3)4)32(45)27(21)30(44)26(19)22/h10-14,17,21,23,29,42,44H,15-16,18H2,1-9H3/t21-,23-,29-,36-/m0/s1. The van der Waals surface area contributed by atoms with Gasteiger partial charge in [0, 0.05) is 28.7 Å². The molecule has 3 aromatic rings. The highest BCUT2D eigenvalue weighted by atomic mass is 32.2. The number of halogens is 3. The molecule has 0 unspecified atom stereocenters. The lowest BCUT2D eigenvalue weighted by atomic mass is 9.57. The van der Waals surface area contributed by atoms with Gasteiger partial charge in [0.05, 0.1) is 18.0 Å². The minimum atomic E-state index is -5.17. The van der Waals surface area contributed by atoms with Crippen molar-refractivity contribution in [3.63, 3.8) is 0 Å². The minimum Gasteiger partial charge on any atom is -0.507 e. The zero-order valence-corrected chi connectivity index (χ0v) is 33.3. The maximum atomic E-state index is 15.5. The van der Waals surface area contributed by atoms with Crippen molar-refractivity contribution >= 4 is 41.4 Å². The van der Waals surface area contributed by atoms with E-state index in [1.807, 2.05) is 64.2 Å². The van der Waals surface area contributed by atoms with Gasteiger partial charge in [-0.05, 0) is 74.2 Å². The monoisotopic (exact) mass is 791 g/mol. The number of benzene rings is 2. The van der Waals surface area contributed by atoms with Crippen molar-refractivity contribution in [3.05, 3.63) is 75.5 Å². The molecule has 54 heavy (non-hydrogen) atoms. The van der Waals surface area contributed by atoms with Crippen LogP contribution >= 0.6 is 0 Å². The van der Waals surface area contributed by atoms with Crippen LogP contribution in [0.5, 0.6) is 11.6 Å². The third-order valence-corrected chi connectivity index (χ3v) is 16.1. The molecule has 0 aliphatic heterocycles. The molecule has 2 aromatic carbocycles. The molecule has 0 saturated heterocycles. The first kappa shape index (κ1) is 39.5. The first-order valence-corrected chi connectivity index (χ1v) is 22.1. The average Bonchev–Trinajstić information content (AvgIpc) is 3.45. The summed E-state index contributed by atoms with van der Waals surface area (Å²) in [6, 6.07) is 9.29. The predicted molar refractivity (Wildman–Crippen MR) is 195 cm³/mol. The van der Waals surface area contributed by atoms with E-state index in [2.05, 4.69) is 14.6 Å². The average molecular weight is 792 g/mol. The number of aliphatic hydroxyl groups is 1. The number of hydrogen-bond donors (Lipinski definition) is 2. The summed E-state index contributed by atoms with van der Waals surface area (Å²) >= 11 is 0. The maximum Gasteiger partial charge on any atom is 0.573 e. The van der Waals surface area contributed by atoms with Crippen LogP contribution < -0.4 is 14.2 Å². The molecule has 0 spiro atoms. The Bertz CT molecular complexity index is 2160. The first-order valence-electron chi connectivity index (χ1n) is 17.3. The Morgan fingerprint density at radius 3 is 2.31 bits per heavy atom. The number of carbonyl (C=O) groups is 2. The summed E-state index contributed by atoms with van der Waals surface area (Å²) in [7, 11) is -3.58. The summed E-state index contributed by atoms with van der Waals surface area (Å²) in [5, 5.41) is 15.8. The number of nitrogens with one attached hydrogen (secondary N) is 1. The lowest BCUT2D eigenvalue weighted by Crippen LogP contribution is -2.68. The van der Waals surface area contributed by atoms with Gasteiger partial charge < -0.3 is 23.5 Å². The minimum absolute atomic E-state index is 0.00196. The van der Waals surface area contributed by atoms with Crippen LogP contribution in [0.25, 0.3) is 5.76 Å². The molecule has 0 bridgehead atoms. The summed E-state index contributed by atoms with van der Waals surface area (Å²) < 4.78 is 91.5. The van der Waals surface area contributed by atoms with Gasteiger partial charge in [-0.2, -0.15) is 0 Å². The number of aliphatic hydroxyl groups excluding tert-OH is 1. The third kappa shape index (κ3) is 6.72. The van der Waals surface area contributed by atoms with Crippen LogP contribution in [0, 0.1) is 18.8 Å². The summed E-state index contributed by atoms with van der Waals surface area (Å²) in [6.45, 7) is 11.1. The third-order valence-electron chi connectivity index (χ3n) is 11.1. The van der Waals surface area contributed by atoms with Crippen molar-refractivity contribution in [2.45, 2.75) is 83.3 Å². The number of rotatable bonds is 9. The number of Topliss-reactive ketones (excluding diaryl/α,β-unsaturated/α-hetero) is 2. The summed E-state index contributed by atoms with van der Waals surface area (Å²) in [6.07, 6.45) is -4.55. The van der Waals surface area contributed by atoms with E-state index in [-0.39, 0.29) is 64.6 Å². The van der Waals surface area contributed by atoms with Crippen LogP contribution in [0.15, 0.2) is 46.5 Å². The number of hydrogen-bond acceptors (Lipinski definition) is 11. The van der Waals surface area contributed by atoms with E-state index in [0.717, 1.165) is 17.9 Å². The number of ether oxygens (including phenoxy) is 2. The van der Waals surface area contributed by atoms with Gasteiger partial charge in [0.15, 0.2) is 19.7 Å². The Balaban J connectivity index is 1.60. The van der Waals surface area contributed by atoms with Gasteiger partial charge in [0.25, 0.3) is 5.88 Å². The normalized spacial score (nSPS) is 23.1. The Kier molecular flexibility index (Phi) is 9.68. The van der Waals surface area contributed by atoms with Gasteiger partial charge in [0.2, 0.25) is 21.6 Å². The number of alkyl halides is 3. The highest BCUT2D eigenvalue weighted by Gasteiger charge is 2.69. The lowest BCUT2D eigenvalue weighted by molar-refractivity contribution is -0.274. The Morgan fingerprint density at radius 2 is 1.74 bits per heavy atom. The summed E-state index contributed by atoms with van der Waals surface area (Å²) in [5.41, 5.74) is -2.22. The van der Waals surface area contributed by atoms with Gasteiger partial charge in [-0.25, -0.2) is 8.42 Å². The molecule has 3 aliphatic rings. The van der Waals surface area contributed by atoms with Gasteiger partial charge in [0.1, 0.15) is 23.7 Å². The van der Waals surface area contributed by atoms with E-state index in [0.29, 0.717) is 0 Å². The Labute approximate surface area is 312 Å². The Morgan fingerprint density at radius 1 is 1.09 bits per heavy atom. The molecular formula is C37H44F3N3O9SSi. The van der Waals surface area contributed by atoms with Crippen molar-refractivity contribution in [3.8, 4) is 11.6 Å². The van der Waals surface area contributed by atoms with Gasteiger partial charge in [-0.1, -0.05) is 51.1 Å². The maximum absolute atomic E-state index is 15.5.